The van der Waals surface area contributed by atoms with Crippen LogP contribution in [0.2, 0.25) is 0 Å². The van der Waals surface area contributed by atoms with Gasteiger partial charge in [0.05, 0.1) is 0 Å². The number of aromatic nitrogens is 3. The van der Waals surface area contributed by atoms with E-state index in [1.807, 2.05) is 44.2 Å². The number of carbonyl (C=O) groups is 1. The molecule has 1 aromatic rings. The van der Waals surface area contributed by atoms with Crippen molar-refractivity contribution in [2.24, 2.45) is 12.0 Å². The average Bonchev–Trinajstić information content (AvgIpc) is 3.18. The SMILES string of the molecule is COCCCNC(=NCc1nnc(C)n1C)NC1CC2CCC(C1)N2C(=O)OC(C)(C)C. The molecule has 0 spiro atoms. The van der Waals surface area contributed by atoms with Crippen molar-refractivity contribution in [1.82, 2.24) is 30.3 Å². The molecule has 0 saturated carbocycles. The molecule has 2 bridgehead atoms. The Kier molecular flexibility index (Phi) is 7.97. The Balaban J connectivity index is 1.62. The molecule has 2 saturated heterocycles. The summed E-state index contributed by atoms with van der Waals surface area (Å²) in [6.07, 6.45) is 4.52. The number of amides is 1. The quantitative estimate of drug-likeness (QED) is 0.373. The van der Waals surface area contributed by atoms with E-state index in [9.17, 15) is 4.79 Å². The molecule has 2 N–H and O–H groups in total. The first kappa shape index (κ1) is 24.3. The van der Waals surface area contributed by atoms with E-state index in [4.69, 9.17) is 14.5 Å². The van der Waals surface area contributed by atoms with Crippen molar-refractivity contribution in [2.45, 2.75) is 90.1 Å². The van der Waals surface area contributed by atoms with Gasteiger partial charge in [0.15, 0.2) is 11.8 Å². The van der Waals surface area contributed by atoms with E-state index in [1.165, 1.54) is 0 Å². The van der Waals surface area contributed by atoms with Gasteiger partial charge in [0.2, 0.25) is 0 Å². The zero-order chi connectivity index (χ0) is 23.3. The van der Waals surface area contributed by atoms with Gasteiger partial charge in [0.25, 0.3) is 0 Å². The molecule has 3 rings (SSSR count). The van der Waals surface area contributed by atoms with Crippen molar-refractivity contribution in [3.05, 3.63) is 11.6 Å². The molecule has 2 unspecified atom stereocenters. The molecule has 1 aromatic heterocycles. The first-order valence-corrected chi connectivity index (χ1v) is 11.6. The third-order valence-electron chi connectivity index (χ3n) is 6.06. The van der Waals surface area contributed by atoms with E-state index in [2.05, 4.69) is 20.8 Å². The molecule has 2 aliphatic heterocycles. The third-order valence-corrected chi connectivity index (χ3v) is 6.06. The Morgan fingerprint density at radius 1 is 1.22 bits per heavy atom. The molecule has 0 radical (unpaired) electrons. The number of methoxy groups -OCH3 is 1. The second-order valence-corrected chi connectivity index (χ2v) is 9.75. The molecule has 10 heteroatoms. The predicted molar refractivity (Wildman–Crippen MR) is 122 cm³/mol. The molecular weight excluding hydrogens is 410 g/mol. The van der Waals surface area contributed by atoms with Gasteiger partial charge in [-0.25, -0.2) is 9.79 Å². The van der Waals surface area contributed by atoms with E-state index < -0.39 is 5.60 Å². The summed E-state index contributed by atoms with van der Waals surface area (Å²) in [5.41, 5.74) is -0.476. The Hall–Kier alpha value is -2.36. The van der Waals surface area contributed by atoms with E-state index in [0.29, 0.717) is 13.2 Å². The summed E-state index contributed by atoms with van der Waals surface area (Å²) >= 11 is 0. The van der Waals surface area contributed by atoms with Crippen LogP contribution in [0.25, 0.3) is 0 Å². The number of ether oxygens (including phenoxy) is 2. The Bertz CT molecular complexity index is 788. The number of fused-ring (bicyclic) bond motifs is 2. The van der Waals surface area contributed by atoms with Crippen LogP contribution in [-0.4, -0.2) is 75.7 Å². The van der Waals surface area contributed by atoms with Crippen molar-refractivity contribution >= 4 is 12.1 Å². The second kappa shape index (κ2) is 10.5. The molecule has 2 atom stereocenters. The maximum absolute atomic E-state index is 12.7. The zero-order valence-corrected chi connectivity index (χ0v) is 20.3. The highest BCUT2D eigenvalue weighted by Gasteiger charge is 2.45. The van der Waals surface area contributed by atoms with Crippen molar-refractivity contribution in [3.8, 4) is 0 Å². The largest absolute Gasteiger partial charge is 0.444 e. The van der Waals surface area contributed by atoms with E-state index in [1.54, 1.807) is 7.11 Å². The van der Waals surface area contributed by atoms with Crippen LogP contribution in [0, 0.1) is 6.92 Å². The molecule has 10 nitrogen and oxygen atoms in total. The molecular formula is C22H39N7O3. The lowest BCUT2D eigenvalue weighted by molar-refractivity contribution is 0.00545. The van der Waals surface area contributed by atoms with Crippen LogP contribution in [0.5, 0.6) is 0 Å². The van der Waals surface area contributed by atoms with Crippen LogP contribution in [-0.2, 0) is 23.1 Å². The minimum atomic E-state index is -0.476. The molecule has 2 aliphatic rings. The Morgan fingerprint density at radius 3 is 2.47 bits per heavy atom. The van der Waals surface area contributed by atoms with Gasteiger partial charge in [-0.1, -0.05) is 0 Å². The van der Waals surface area contributed by atoms with Gasteiger partial charge in [0, 0.05) is 45.4 Å². The second-order valence-electron chi connectivity index (χ2n) is 9.75. The lowest BCUT2D eigenvalue weighted by Crippen LogP contribution is -2.55. The topological polar surface area (TPSA) is 106 Å². The number of rotatable bonds is 7. The highest BCUT2D eigenvalue weighted by atomic mass is 16.6. The monoisotopic (exact) mass is 449 g/mol. The number of guanidine groups is 1. The molecule has 1 amide bonds. The Morgan fingerprint density at radius 2 is 1.91 bits per heavy atom. The number of nitrogens with one attached hydrogen (secondary N) is 2. The number of piperidine rings is 1. The summed E-state index contributed by atoms with van der Waals surface area (Å²) in [5, 5.41) is 15.3. The van der Waals surface area contributed by atoms with Gasteiger partial charge in [-0.15, -0.1) is 10.2 Å². The molecule has 3 heterocycles. The van der Waals surface area contributed by atoms with Crippen molar-refractivity contribution in [1.29, 1.82) is 0 Å². The Labute approximate surface area is 191 Å². The molecule has 180 valence electrons. The number of nitrogens with zero attached hydrogens (tertiary/aromatic N) is 5. The molecule has 2 fully saturated rings. The highest BCUT2D eigenvalue weighted by molar-refractivity contribution is 5.80. The summed E-state index contributed by atoms with van der Waals surface area (Å²) < 4.78 is 12.8. The van der Waals surface area contributed by atoms with E-state index >= 15 is 0 Å². The average molecular weight is 450 g/mol. The van der Waals surface area contributed by atoms with E-state index in [-0.39, 0.29) is 24.2 Å². The summed E-state index contributed by atoms with van der Waals surface area (Å²) in [4.78, 5) is 19.4. The van der Waals surface area contributed by atoms with Gasteiger partial charge in [0.1, 0.15) is 18.0 Å². The molecule has 0 aromatic carbocycles. The van der Waals surface area contributed by atoms with Crippen LogP contribution in [0.15, 0.2) is 4.99 Å². The van der Waals surface area contributed by atoms with Crippen LogP contribution in [0.1, 0.15) is 64.5 Å². The lowest BCUT2D eigenvalue weighted by Gasteiger charge is -2.40. The normalized spacial score (nSPS) is 23.4. The standard InChI is InChI=1S/C22H39N7O3/c1-15-26-27-19(28(15)5)14-24-20(23-10-7-11-31-6)25-16-12-17-8-9-18(13-16)29(17)21(30)32-22(2,3)4/h16-18H,7-14H2,1-6H3,(H2,23,24,25). The highest BCUT2D eigenvalue weighted by Crippen LogP contribution is 2.36. The van der Waals surface area contributed by atoms with Crippen molar-refractivity contribution in [2.75, 3.05) is 20.3 Å². The number of carbonyl (C=O) groups excluding carboxylic acids is 1. The van der Waals surface area contributed by atoms with E-state index in [0.717, 1.165) is 56.3 Å². The summed E-state index contributed by atoms with van der Waals surface area (Å²) in [6, 6.07) is 0.663. The minimum Gasteiger partial charge on any atom is -0.444 e. The number of aliphatic imine (C=N–C) groups is 1. The fourth-order valence-electron chi connectivity index (χ4n) is 4.42. The van der Waals surface area contributed by atoms with Crippen molar-refractivity contribution < 1.29 is 14.3 Å². The first-order valence-electron chi connectivity index (χ1n) is 11.6. The van der Waals surface area contributed by atoms with Crippen LogP contribution >= 0.6 is 0 Å². The lowest BCUT2D eigenvalue weighted by atomic mass is 9.98. The van der Waals surface area contributed by atoms with Gasteiger partial charge in [-0.3, -0.25) is 0 Å². The summed E-state index contributed by atoms with van der Waals surface area (Å²) in [5.74, 6) is 2.45. The number of aryl methyl sites for hydroxylation is 1. The maximum atomic E-state index is 12.7. The predicted octanol–water partition coefficient (Wildman–Crippen LogP) is 2.13. The molecule has 32 heavy (non-hydrogen) atoms. The van der Waals surface area contributed by atoms with Crippen LogP contribution < -0.4 is 10.6 Å². The number of hydrogen-bond donors (Lipinski definition) is 2. The fraction of sp³-hybridized carbons (Fsp3) is 0.818. The smallest absolute Gasteiger partial charge is 0.410 e. The number of hydrogen-bond acceptors (Lipinski definition) is 6. The van der Waals surface area contributed by atoms with Gasteiger partial charge >= 0.3 is 6.09 Å². The van der Waals surface area contributed by atoms with Crippen molar-refractivity contribution in [3.63, 3.8) is 0 Å². The maximum Gasteiger partial charge on any atom is 0.410 e. The van der Waals surface area contributed by atoms with Crippen LogP contribution in [0.4, 0.5) is 4.79 Å². The van der Waals surface area contributed by atoms with Gasteiger partial charge < -0.3 is 29.6 Å². The molecule has 0 aliphatic carbocycles. The minimum absolute atomic E-state index is 0.187. The van der Waals surface area contributed by atoms with Gasteiger partial charge in [-0.05, 0) is 59.8 Å². The summed E-state index contributed by atoms with van der Waals surface area (Å²) in [6.45, 7) is 9.58. The fourth-order valence-corrected chi connectivity index (χ4v) is 4.42. The van der Waals surface area contributed by atoms with Crippen LogP contribution in [0.3, 0.4) is 0 Å². The zero-order valence-electron chi connectivity index (χ0n) is 20.3. The van der Waals surface area contributed by atoms with Gasteiger partial charge in [-0.2, -0.15) is 0 Å². The first-order chi connectivity index (χ1) is 15.2. The third kappa shape index (κ3) is 6.34. The summed E-state index contributed by atoms with van der Waals surface area (Å²) in [7, 11) is 3.65.